The summed E-state index contributed by atoms with van der Waals surface area (Å²) < 4.78 is 0. The number of benzene rings is 1. The Labute approximate surface area is 130 Å². The third-order valence-electron chi connectivity index (χ3n) is 4.54. The summed E-state index contributed by atoms with van der Waals surface area (Å²) in [7, 11) is 0. The van der Waals surface area contributed by atoms with Crippen LogP contribution in [-0.2, 0) is 6.42 Å². The quantitative estimate of drug-likeness (QED) is 0.874. The van der Waals surface area contributed by atoms with Crippen molar-refractivity contribution in [3.63, 3.8) is 0 Å². The molecule has 1 aliphatic heterocycles. The van der Waals surface area contributed by atoms with E-state index < -0.39 is 0 Å². The maximum atomic E-state index is 6.39. The number of hydrogen-bond acceptors (Lipinski definition) is 3. The average molecular weight is 289 g/mol. The second-order valence-electron chi connectivity index (χ2n) is 6.53. The molecule has 1 aliphatic rings. The molecule has 1 heterocycles. The molecule has 1 aromatic carbocycles. The first-order valence-electron chi connectivity index (χ1n) is 8.41. The minimum atomic E-state index is 0.131. The van der Waals surface area contributed by atoms with Crippen LogP contribution in [0.2, 0.25) is 0 Å². The molecule has 3 nitrogen and oxygen atoms in total. The van der Waals surface area contributed by atoms with E-state index in [2.05, 4.69) is 54.8 Å². The third-order valence-corrected chi connectivity index (χ3v) is 4.54. The maximum absolute atomic E-state index is 6.39. The molecule has 1 saturated heterocycles. The highest BCUT2D eigenvalue weighted by atomic mass is 15.3. The van der Waals surface area contributed by atoms with Crippen LogP contribution in [0.25, 0.3) is 0 Å². The van der Waals surface area contributed by atoms with Gasteiger partial charge in [0.15, 0.2) is 0 Å². The molecule has 0 aliphatic carbocycles. The molecule has 0 saturated carbocycles. The summed E-state index contributed by atoms with van der Waals surface area (Å²) in [5.41, 5.74) is 9.07. The summed E-state index contributed by atoms with van der Waals surface area (Å²) in [5.74, 6) is 0. The number of rotatable bonds is 6. The van der Waals surface area contributed by atoms with Crippen molar-refractivity contribution >= 4 is 0 Å². The van der Waals surface area contributed by atoms with Crippen molar-refractivity contribution in [2.24, 2.45) is 5.73 Å². The maximum Gasteiger partial charge on any atom is 0.0424 e. The van der Waals surface area contributed by atoms with Crippen molar-refractivity contribution in [2.45, 2.75) is 45.7 Å². The van der Waals surface area contributed by atoms with Gasteiger partial charge in [0, 0.05) is 44.8 Å². The zero-order chi connectivity index (χ0) is 15.2. The molecule has 0 spiro atoms. The van der Waals surface area contributed by atoms with Gasteiger partial charge in [-0.05, 0) is 31.4 Å². The van der Waals surface area contributed by atoms with E-state index in [0.29, 0.717) is 6.04 Å². The molecule has 1 unspecified atom stereocenters. The molecule has 2 rings (SSSR count). The van der Waals surface area contributed by atoms with Crippen LogP contribution in [-0.4, -0.2) is 48.6 Å². The van der Waals surface area contributed by atoms with E-state index in [1.165, 1.54) is 30.6 Å². The fourth-order valence-electron chi connectivity index (χ4n) is 3.07. The van der Waals surface area contributed by atoms with Gasteiger partial charge < -0.3 is 5.73 Å². The molecule has 21 heavy (non-hydrogen) atoms. The highest BCUT2D eigenvalue weighted by Gasteiger charge is 2.20. The summed E-state index contributed by atoms with van der Waals surface area (Å²) >= 11 is 0. The van der Waals surface area contributed by atoms with Crippen LogP contribution >= 0.6 is 0 Å². The molecule has 1 aromatic rings. The Morgan fingerprint density at radius 3 is 2.19 bits per heavy atom. The Balaban J connectivity index is 1.83. The van der Waals surface area contributed by atoms with E-state index in [1.807, 2.05) is 0 Å². The van der Waals surface area contributed by atoms with Gasteiger partial charge in [-0.1, -0.05) is 37.6 Å². The highest BCUT2D eigenvalue weighted by molar-refractivity contribution is 5.25. The smallest absolute Gasteiger partial charge is 0.0424 e. The molecule has 118 valence electrons. The van der Waals surface area contributed by atoms with Crippen molar-refractivity contribution in [1.82, 2.24) is 9.80 Å². The lowest BCUT2D eigenvalue weighted by molar-refractivity contribution is 0.104. The van der Waals surface area contributed by atoms with E-state index in [-0.39, 0.29) is 6.04 Å². The molecule has 0 bridgehead atoms. The van der Waals surface area contributed by atoms with Gasteiger partial charge >= 0.3 is 0 Å². The first-order valence-corrected chi connectivity index (χ1v) is 8.41. The van der Waals surface area contributed by atoms with E-state index in [0.717, 1.165) is 26.1 Å². The van der Waals surface area contributed by atoms with Crippen molar-refractivity contribution in [3.8, 4) is 0 Å². The second-order valence-corrected chi connectivity index (χ2v) is 6.53. The predicted molar refractivity (Wildman–Crippen MR) is 90.5 cm³/mol. The number of aryl methyl sites for hydroxylation is 1. The van der Waals surface area contributed by atoms with E-state index in [1.54, 1.807) is 0 Å². The van der Waals surface area contributed by atoms with Crippen LogP contribution in [0.15, 0.2) is 24.3 Å². The van der Waals surface area contributed by atoms with Crippen molar-refractivity contribution < 1.29 is 0 Å². The normalized spacial score (nSPS) is 19.1. The van der Waals surface area contributed by atoms with Crippen LogP contribution in [0.1, 0.15) is 44.4 Å². The number of nitrogens with two attached hydrogens (primary N) is 1. The molecular formula is C18H31N3. The van der Waals surface area contributed by atoms with Crippen LogP contribution in [0, 0.1) is 0 Å². The Morgan fingerprint density at radius 2 is 1.67 bits per heavy atom. The molecule has 1 atom stereocenters. The van der Waals surface area contributed by atoms with E-state index >= 15 is 0 Å². The molecule has 3 heteroatoms. The van der Waals surface area contributed by atoms with Crippen molar-refractivity contribution in [2.75, 3.05) is 32.7 Å². The van der Waals surface area contributed by atoms with Gasteiger partial charge in [0.2, 0.25) is 0 Å². The fourth-order valence-corrected chi connectivity index (χ4v) is 3.07. The molecule has 2 N–H and O–H groups in total. The standard InChI is InChI=1S/C18H31N3/c1-4-5-16-6-8-17(9-7-16)18(19)14-20-10-12-21(13-11-20)15(2)3/h6-9,15,18H,4-5,10-14,19H2,1-3H3. The topological polar surface area (TPSA) is 32.5 Å². The zero-order valence-electron chi connectivity index (χ0n) is 13.9. The molecule has 0 aromatic heterocycles. The molecule has 1 fully saturated rings. The van der Waals surface area contributed by atoms with Gasteiger partial charge in [-0.15, -0.1) is 0 Å². The lowest BCUT2D eigenvalue weighted by atomic mass is 10.0. The second kappa shape index (κ2) is 7.92. The highest BCUT2D eigenvalue weighted by Crippen LogP contribution is 2.15. The summed E-state index contributed by atoms with van der Waals surface area (Å²) in [6.07, 6.45) is 2.36. The summed E-state index contributed by atoms with van der Waals surface area (Å²) in [4.78, 5) is 5.05. The van der Waals surface area contributed by atoms with Gasteiger partial charge in [0.1, 0.15) is 0 Å². The minimum absolute atomic E-state index is 0.131. The minimum Gasteiger partial charge on any atom is -0.323 e. The Hall–Kier alpha value is -0.900. The summed E-state index contributed by atoms with van der Waals surface area (Å²) in [6.45, 7) is 12.4. The van der Waals surface area contributed by atoms with Crippen LogP contribution in [0.3, 0.4) is 0 Å². The monoisotopic (exact) mass is 289 g/mol. The Morgan fingerprint density at radius 1 is 1.05 bits per heavy atom. The number of nitrogens with zero attached hydrogens (tertiary/aromatic N) is 2. The van der Waals surface area contributed by atoms with Crippen LogP contribution in [0.4, 0.5) is 0 Å². The van der Waals surface area contributed by atoms with Gasteiger partial charge in [-0.25, -0.2) is 0 Å². The molecular weight excluding hydrogens is 258 g/mol. The van der Waals surface area contributed by atoms with Crippen molar-refractivity contribution in [3.05, 3.63) is 35.4 Å². The first-order chi connectivity index (χ1) is 10.1. The van der Waals surface area contributed by atoms with Crippen LogP contribution < -0.4 is 5.73 Å². The molecule has 0 radical (unpaired) electrons. The predicted octanol–water partition coefficient (Wildman–Crippen LogP) is 2.66. The number of hydrogen-bond donors (Lipinski definition) is 1. The lowest BCUT2D eigenvalue weighted by Crippen LogP contribution is -2.50. The zero-order valence-corrected chi connectivity index (χ0v) is 13.9. The van der Waals surface area contributed by atoms with E-state index in [4.69, 9.17) is 5.73 Å². The van der Waals surface area contributed by atoms with E-state index in [9.17, 15) is 0 Å². The SMILES string of the molecule is CCCc1ccc(C(N)CN2CCN(C(C)C)CC2)cc1. The van der Waals surface area contributed by atoms with Gasteiger partial charge in [-0.2, -0.15) is 0 Å². The average Bonchev–Trinajstić information content (AvgIpc) is 2.49. The number of piperazine rings is 1. The summed E-state index contributed by atoms with van der Waals surface area (Å²) in [5, 5.41) is 0. The van der Waals surface area contributed by atoms with Gasteiger partial charge in [0.25, 0.3) is 0 Å². The van der Waals surface area contributed by atoms with Crippen molar-refractivity contribution in [1.29, 1.82) is 0 Å². The Kier molecular flexibility index (Phi) is 6.22. The first kappa shape index (κ1) is 16.5. The van der Waals surface area contributed by atoms with Crippen LogP contribution in [0.5, 0.6) is 0 Å². The third kappa shape index (κ3) is 4.80. The Bertz CT molecular complexity index is 405. The largest absolute Gasteiger partial charge is 0.323 e. The summed E-state index contributed by atoms with van der Waals surface area (Å²) in [6, 6.07) is 9.67. The van der Waals surface area contributed by atoms with Gasteiger partial charge in [-0.3, -0.25) is 9.80 Å². The molecule has 0 amide bonds. The fraction of sp³-hybridized carbons (Fsp3) is 0.667. The van der Waals surface area contributed by atoms with Gasteiger partial charge in [0.05, 0.1) is 0 Å². The lowest BCUT2D eigenvalue weighted by Gasteiger charge is -2.37.